The molecule has 3 nitrogen and oxygen atoms in total. The summed E-state index contributed by atoms with van der Waals surface area (Å²) in [5.74, 6) is 0. The van der Waals surface area contributed by atoms with E-state index in [1.807, 2.05) is 6.07 Å². The van der Waals surface area contributed by atoms with Crippen LogP contribution in [0.15, 0.2) is 28.9 Å². The zero-order chi connectivity index (χ0) is 9.60. The molecule has 14 heavy (non-hydrogen) atoms. The van der Waals surface area contributed by atoms with Crippen molar-refractivity contribution in [2.75, 3.05) is 0 Å². The summed E-state index contributed by atoms with van der Waals surface area (Å²) in [6, 6.07) is 6.14. The van der Waals surface area contributed by atoms with Crippen LogP contribution in [-0.4, -0.2) is 10.7 Å². The molecule has 3 rings (SSSR count). The molecule has 0 bridgehead atoms. The van der Waals surface area contributed by atoms with E-state index in [1.54, 1.807) is 6.20 Å². The quantitative estimate of drug-likeness (QED) is 0.782. The molecule has 1 aliphatic carbocycles. The molecule has 1 aromatic carbocycles. The Bertz CT molecular complexity index is 471. The van der Waals surface area contributed by atoms with Crippen LogP contribution >= 0.6 is 0 Å². The third-order valence-electron chi connectivity index (χ3n) is 2.87. The van der Waals surface area contributed by atoms with Crippen LogP contribution in [0.2, 0.25) is 0 Å². The second-order valence-electron chi connectivity index (χ2n) is 4.24. The van der Waals surface area contributed by atoms with Crippen LogP contribution in [0.25, 0.3) is 11.0 Å². The van der Waals surface area contributed by atoms with Crippen molar-refractivity contribution in [1.29, 1.82) is 0 Å². The molecule has 0 saturated heterocycles. The number of rotatable bonds is 2. The summed E-state index contributed by atoms with van der Waals surface area (Å²) in [7, 11) is 0. The Hall–Kier alpha value is -1.35. The average molecular weight is 188 g/mol. The van der Waals surface area contributed by atoms with Crippen LogP contribution in [0.3, 0.4) is 0 Å². The molecule has 0 amide bonds. The van der Waals surface area contributed by atoms with Gasteiger partial charge in [0.1, 0.15) is 0 Å². The smallest absolute Gasteiger partial charge is 0.166 e. The lowest BCUT2D eigenvalue weighted by atomic mass is 10.0. The fraction of sp³-hybridized carbons (Fsp3) is 0.364. The maximum atomic E-state index is 6.06. The number of aromatic nitrogens is 1. The first kappa shape index (κ1) is 8.00. The Morgan fingerprint density at radius 3 is 3.07 bits per heavy atom. The minimum atomic E-state index is 0.0742. The van der Waals surface area contributed by atoms with E-state index in [-0.39, 0.29) is 5.54 Å². The zero-order valence-corrected chi connectivity index (χ0v) is 7.86. The second-order valence-corrected chi connectivity index (χ2v) is 4.24. The maximum absolute atomic E-state index is 6.06. The monoisotopic (exact) mass is 188 g/mol. The average Bonchev–Trinajstić information content (AvgIpc) is 2.73. The van der Waals surface area contributed by atoms with Gasteiger partial charge < -0.3 is 10.3 Å². The number of hydrogen-bond acceptors (Lipinski definition) is 3. The predicted octanol–water partition coefficient (Wildman–Crippen LogP) is 1.86. The summed E-state index contributed by atoms with van der Waals surface area (Å²) in [5, 5.41) is 4.81. The van der Waals surface area contributed by atoms with Crippen LogP contribution in [0.4, 0.5) is 0 Å². The SMILES string of the molecule is NC1(Cc2ccc3oncc3c2)CC1. The van der Waals surface area contributed by atoms with Gasteiger partial charge in [-0.25, -0.2) is 0 Å². The first-order chi connectivity index (χ1) is 6.75. The Kier molecular flexibility index (Phi) is 1.47. The third-order valence-corrected chi connectivity index (χ3v) is 2.87. The van der Waals surface area contributed by atoms with Crippen LogP contribution < -0.4 is 5.73 Å². The van der Waals surface area contributed by atoms with Crippen LogP contribution in [0.1, 0.15) is 18.4 Å². The lowest BCUT2D eigenvalue weighted by Gasteiger charge is -2.07. The fourth-order valence-electron chi connectivity index (χ4n) is 1.78. The lowest BCUT2D eigenvalue weighted by molar-refractivity contribution is 0.456. The molecule has 0 atom stereocenters. The number of benzene rings is 1. The molecule has 72 valence electrons. The summed E-state index contributed by atoms with van der Waals surface area (Å²) >= 11 is 0. The highest BCUT2D eigenvalue weighted by molar-refractivity contribution is 5.76. The molecular formula is C11H12N2O. The van der Waals surface area contributed by atoms with E-state index >= 15 is 0 Å². The molecule has 0 aliphatic heterocycles. The minimum Gasteiger partial charge on any atom is -0.356 e. The first-order valence-electron chi connectivity index (χ1n) is 4.87. The summed E-state index contributed by atoms with van der Waals surface area (Å²) in [6.07, 6.45) is 5.01. The zero-order valence-electron chi connectivity index (χ0n) is 7.86. The van der Waals surface area contributed by atoms with Gasteiger partial charge in [0.2, 0.25) is 0 Å². The van der Waals surface area contributed by atoms with Gasteiger partial charge in [0.15, 0.2) is 5.58 Å². The van der Waals surface area contributed by atoms with Crippen molar-refractivity contribution in [1.82, 2.24) is 5.16 Å². The molecule has 1 saturated carbocycles. The van der Waals surface area contributed by atoms with Crippen molar-refractivity contribution >= 4 is 11.0 Å². The normalized spacial score (nSPS) is 18.6. The van der Waals surface area contributed by atoms with Gasteiger partial charge >= 0.3 is 0 Å². The van der Waals surface area contributed by atoms with Gasteiger partial charge in [-0.2, -0.15) is 0 Å². The van der Waals surface area contributed by atoms with Crippen molar-refractivity contribution in [3.63, 3.8) is 0 Å². The largest absolute Gasteiger partial charge is 0.356 e. The van der Waals surface area contributed by atoms with E-state index in [0.717, 1.165) is 30.2 Å². The van der Waals surface area contributed by atoms with Crippen LogP contribution in [0, 0.1) is 0 Å². The summed E-state index contributed by atoms with van der Waals surface area (Å²) in [5.41, 5.74) is 8.25. The molecule has 2 N–H and O–H groups in total. The third kappa shape index (κ3) is 1.30. The summed E-state index contributed by atoms with van der Waals surface area (Å²) in [4.78, 5) is 0. The Morgan fingerprint density at radius 2 is 2.29 bits per heavy atom. The summed E-state index contributed by atoms with van der Waals surface area (Å²) in [6.45, 7) is 0. The van der Waals surface area contributed by atoms with Crippen molar-refractivity contribution in [3.8, 4) is 0 Å². The van der Waals surface area contributed by atoms with Gasteiger partial charge in [-0.3, -0.25) is 0 Å². The van der Waals surface area contributed by atoms with Crippen molar-refractivity contribution in [3.05, 3.63) is 30.0 Å². The lowest BCUT2D eigenvalue weighted by Crippen LogP contribution is -2.24. The number of nitrogens with zero attached hydrogens (tertiary/aromatic N) is 1. The Morgan fingerprint density at radius 1 is 1.43 bits per heavy atom. The van der Waals surface area contributed by atoms with E-state index in [9.17, 15) is 0 Å². The van der Waals surface area contributed by atoms with Gasteiger partial charge in [-0.15, -0.1) is 0 Å². The van der Waals surface area contributed by atoms with Gasteiger partial charge in [0.05, 0.1) is 6.20 Å². The molecule has 0 spiro atoms. The molecule has 1 fully saturated rings. The highest BCUT2D eigenvalue weighted by atomic mass is 16.5. The first-order valence-corrected chi connectivity index (χ1v) is 4.87. The molecule has 0 radical (unpaired) electrons. The van der Waals surface area contributed by atoms with E-state index in [4.69, 9.17) is 10.3 Å². The van der Waals surface area contributed by atoms with E-state index < -0.39 is 0 Å². The maximum Gasteiger partial charge on any atom is 0.166 e. The second kappa shape index (κ2) is 2.58. The minimum absolute atomic E-state index is 0.0742. The topological polar surface area (TPSA) is 52.0 Å². The van der Waals surface area contributed by atoms with Crippen molar-refractivity contribution in [2.45, 2.75) is 24.8 Å². The van der Waals surface area contributed by atoms with E-state index in [0.29, 0.717) is 0 Å². The van der Waals surface area contributed by atoms with Gasteiger partial charge in [-0.05, 0) is 37.0 Å². The van der Waals surface area contributed by atoms with Crippen LogP contribution in [-0.2, 0) is 6.42 Å². The van der Waals surface area contributed by atoms with Gasteiger partial charge in [-0.1, -0.05) is 11.2 Å². The van der Waals surface area contributed by atoms with E-state index in [2.05, 4.69) is 17.3 Å². The van der Waals surface area contributed by atoms with Crippen molar-refractivity contribution < 1.29 is 4.52 Å². The highest BCUT2D eigenvalue weighted by Gasteiger charge is 2.37. The van der Waals surface area contributed by atoms with Gasteiger partial charge in [0, 0.05) is 10.9 Å². The summed E-state index contributed by atoms with van der Waals surface area (Å²) < 4.78 is 5.04. The molecule has 2 aromatic rings. The Balaban J connectivity index is 1.97. The Labute approximate surface area is 81.9 Å². The highest BCUT2D eigenvalue weighted by Crippen LogP contribution is 2.35. The molecular weight excluding hydrogens is 176 g/mol. The fourth-order valence-corrected chi connectivity index (χ4v) is 1.78. The van der Waals surface area contributed by atoms with Crippen molar-refractivity contribution in [2.24, 2.45) is 5.73 Å². The molecule has 0 unspecified atom stereocenters. The number of nitrogens with two attached hydrogens (primary N) is 1. The van der Waals surface area contributed by atoms with Gasteiger partial charge in [0.25, 0.3) is 0 Å². The van der Waals surface area contributed by atoms with Crippen LogP contribution in [0.5, 0.6) is 0 Å². The molecule has 1 aromatic heterocycles. The molecule has 1 aliphatic rings. The number of hydrogen-bond donors (Lipinski definition) is 1. The standard InChI is InChI=1S/C11H12N2O/c12-11(3-4-11)6-8-1-2-10-9(5-8)7-13-14-10/h1-2,5,7H,3-4,6,12H2. The number of fused-ring (bicyclic) bond motifs is 1. The predicted molar refractivity (Wildman–Crippen MR) is 53.9 cm³/mol. The molecule has 1 heterocycles. The molecule has 3 heteroatoms. The van der Waals surface area contributed by atoms with E-state index in [1.165, 1.54) is 5.56 Å².